The number of carbonyl (C=O) groups excluding carboxylic acids is 1. The van der Waals surface area contributed by atoms with Crippen molar-refractivity contribution in [1.29, 1.82) is 0 Å². The maximum atomic E-state index is 13.6. The fourth-order valence-corrected chi connectivity index (χ4v) is 5.60. The fourth-order valence-electron chi connectivity index (χ4n) is 3.57. The van der Waals surface area contributed by atoms with Crippen molar-refractivity contribution in [3.05, 3.63) is 95.8 Å². The molecule has 0 spiro atoms. The van der Waals surface area contributed by atoms with Crippen molar-refractivity contribution in [1.82, 2.24) is 14.3 Å². The third kappa shape index (κ3) is 7.22. The molecular weight excluding hydrogens is 510 g/mol. The Bertz CT molecular complexity index is 1410. The van der Waals surface area contributed by atoms with Gasteiger partial charge in [0.2, 0.25) is 10.0 Å². The van der Waals surface area contributed by atoms with Crippen LogP contribution >= 0.6 is 11.3 Å². The molecule has 2 heterocycles. The van der Waals surface area contributed by atoms with E-state index in [9.17, 15) is 13.2 Å². The van der Waals surface area contributed by atoms with Crippen LogP contribution in [-0.2, 0) is 32.6 Å². The number of sulfonamides is 1. The van der Waals surface area contributed by atoms with Crippen molar-refractivity contribution in [2.75, 3.05) is 6.61 Å². The molecule has 0 bridgehead atoms. The van der Waals surface area contributed by atoms with Gasteiger partial charge < -0.3 is 9.47 Å². The number of hydrogen-bond donors (Lipinski definition) is 0. The molecule has 0 fully saturated rings. The fraction of sp³-hybridized carbons (Fsp3) is 0.222. The minimum atomic E-state index is -3.86. The van der Waals surface area contributed by atoms with Crippen molar-refractivity contribution in [3.63, 3.8) is 0 Å². The Morgan fingerprint density at radius 3 is 2.46 bits per heavy atom. The number of rotatable bonds is 11. The first-order chi connectivity index (χ1) is 17.8. The third-order valence-electron chi connectivity index (χ3n) is 5.25. The number of thiazole rings is 1. The number of ether oxygens (including phenoxy) is 2. The van der Waals surface area contributed by atoms with Crippen molar-refractivity contribution < 1.29 is 22.7 Å². The van der Waals surface area contributed by atoms with Crippen LogP contribution in [0.4, 0.5) is 0 Å². The SMILES string of the molecule is CC(C)OC(=O)COc1cccc(CN(Cc2ccc(-c3nccs3)cc2)S(=O)(=O)c2cccnc2)c1. The van der Waals surface area contributed by atoms with Crippen LogP contribution in [0.5, 0.6) is 5.75 Å². The lowest BCUT2D eigenvalue weighted by molar-refractivity contribution is -0.149. The summed E-state index contributed by atoms with van der Waals surface area (Å²) in [6, 6.07) is 17.8. The average Bonchev–Trinajstić information content (AvgIpc) is 3.43. The minimum absolute atomic E-state index is 0.0963. The molecule has 0 aliphatic heterocycles. The summed E-state index contributed by atoms with van der Waals surface area (Å²) in [5.41, 5.74) is 2.51. The summed E-state index contributed by atoms with van der Waals surface area (Å²) in [5.74, 6) is -0.0212. The van der Waals surface area contributed by atoms with E-state index in [0.717, 1.165) is 16.1 Å². The second kappa shape index (κ2) is 12.1. The number of carbonyl (C=O) groups is 1. The summed E-state index contributed by atoms with van der Waals surface area (Å²) in [7, 11) is -3.86. The Hall–Kier alpha value is -3.60. The van der Waals surface area contributed by atoms with Crippen LogP contribution in [-0.4, -0.2) is 41.4 Å². The summed E-state index contributed by atoms with van der Waals surface area (Å²) in [5, 5.41) is 2.82. The molecule has 4 rings (SSSR count). The van der Waals surface area contributed by atoms with Crippen molar-refractivity contribution >= 4 is 27.3 Å². The van der Waals surface area contributed by atoms with Crippen LogP contribution in [0.3, 0.4) is 0 Å². The molecule has 37 heavy (non-hydrogen) atoms. The molecular formula is C27H27N3O5S2. The quantitative estimate of drug-likeness (QED) is 0.250. The first kappa shape index (κ1) is 26.5. The highest BCUT2D eigenvalue weighted by Gasteiger charge is 2.25. The summed E-state index contributed by atoms with van der Waals surface area (Å²) in [6.07, 6.45) is 4.39. The maximum absolute atomic E-state index is 13.6. The lowest BCUT2D eigenvalue weighted by Gasteiger charge is -2.23. The molecule has 0 aliphatic rings. The van der Waals surface area contributed by atoms with Gasteiger partial charge in [-0.1, -0.05) is 36.4 Å². The zero-order chi connectivity index (χ0) is 26.3. The summed E-state index contributed by atoms with van der Waals surface area (Å²) < 4.78 is 39.2. The number of benzene rings is 2. The molecule has 0 amide bonds. The Labute approximate surface area is 220 Å². The smallest absolute Gasteiger partial charge is 0.344 e. The van der Waals surface area contributed by atoms with E-state index in [4.69, 9.17) is 9.47 Å². The monoisotopic (exact) mass is 537 g/mol. The highest BCUT2D eigenvalue weighted by Crippen LogP contribution is 2.25. The highest BCUT2D eigenvalue weighted by atomic mass is 32.2. The minimum Gasteiger partial charge on any atom is -0.482 e. The zero-order valence-electron chi connectivity index (χ0n) is 20.5. The molecule has 0 N–H and O–H groups in total. The van der Waals surface area contributed by atoms with E-state index in [0.29, 0.717) is 11.3 Å². The molecule has 8 nitrogen and oxygen atoms in total. The normalized spacial score (nSPS) is 11.6. The van der Waals surface area contributed by atoms with Gasteiger partial charge in [0.15, 0.2) is 6.61 Å². The molecule has 0 saturated heterocycles. The first-order valence-corrected chi connectivity index (χ1v) is 13.9. The van der Waals surface area contributed by atoms with Crippen molar-refractivity contribution in [2.24, 2.45) is 0 Å². The Kier molecular flexibility index (Phi) is 8.65. The predicted octanol–water partition coefficient (Wildman–Crippen LogP) is 4.93. The van der Waals surface area contributed by atoms with Gasteiger partial charge in [0.05, 0.1) is 6.10 Å². The molecule has 0 atom stereocenters. The van der Waals surface area contributed by atoms with Crippen LogP contribution < -0.4 is 4.74 Å². The Morgan fingerprint density at radius 2 is 1.78 bits per heavy atom. The number of pyridine rings is 1. The topological polar surface area (TPSA) is 98.7 Å². The molecule has 10 heteroatoms. The van der Waals surface area contributed by atoms with E-state index in [1.807, 2.05) is 35.7 Å². The van der Waals surface area contributed by atoms with Gasteiger partial charge in [-0.2, -0.15) is 4.31 Å². The lowest BCUT2D eigenvalue weighted by Crippen LogP contribution is -2.30. The largest absolute Gasteiger partial charge is 0.482 e. The van der Waals surface area contributed by atoms with Crippen LogP contribution in [0.2, 0.25) is 0 Å². The molecule has 2 aromatic carbocycles. The molecule has 0 aliphatic carbocycles. The van der Waals surface area contributed by atoms with Gasteiger partial charge in [-0.05, 0) is 49.2 Å². The molecule has 192 valence electrons. The summed E-state index contributed by atoms with van der Waals surface area (Å²) in [6.45, 7) is 3.55. The van der Waals surface area contributed by atoms with Gasteiger partial charge in [0.1, 0.15) is 15.7 Å². The molecule has 4 aromatic rings. The predicted molar refractivity (Wildman–Crippen MR) is 141 cm³/mol. The van der Waals surface area contributed by atoms with E-state index < -0.39 is 16.0 Å². The second-order valence-electron chi connectivity index (χ2n) is 8.47. The van der Waals surface area contributed by atoms with Gasteiger partial charge in [-0.25, -0.2) is 18.2 Å². The van der Waals surface area contributed by atoms with E-state index in [1.165, 1.54) is 22.8 Å². The molecule has 0 radical (unpaired) electrons. The zero-order valence-corrected chi connectivity index (χ0v) is 22.1. The number of hydrogen-bond acceptors (Lipinski definition) is 8. The second-order valence-corrected chi connectivity index (χ2v) is 11.3. The van der Waals surface area contributed by atoms with Gasteiger partial charge in [-0.3, -0.25) is 4.98 Å². The third-order valence-corrected chi connectivity index (χ3v) is 7.84. The van der Waals surface area contributed by atoms with Crippen molar-refractivity contribution in [2.45, 2.75) is 37.9 Å². The van der Waals surface area contributed by atoms with Crippen LogP contribution in [0.25, 0.3) is 10.6 Å². The number of nitrogens with zero attached hydrogens (tertiary/aromatic N) is 3. The van der Waals surface area contributed by atoms with E-state index in [1.54, 1.807) is 55.6 Å². The molecule has 0 unspecified atom stereocenters. The van der Waals surface area contributed by atoms with Crippen LogP contribution in [0.15, 0.2) is 89.5 Å². The van der Waals surface area contributed by atoms with Crippen LogP contribution in [0, 0.1) is 0 Å². The van der Waals surface area contributed by atoms with Gasteiger partial charge in [0.25, 0.3) is 0 Å². The standard InChI is InChI=1S/C27H27N3O5S2/c1-20(2)35-26(31)19-34-24-6-3-5-22(15-24)18-30(37(32,33)25-7-4-12-28-16-25)17-21-8-10-23(11-9-21)27-29-13-14-36-27/h3-16,20H,17-19H2,1-2H3. The molecule has 2 aromatic heterocycles. The van der Waals surface area contributed by atoms with E-state index >= 15 is 0 Å². The van der Waals surface area contributed by atoms with Crippen LogP contribution in [0.1, 0.15) is 25.0 Å². The summed E-state index contributed by atoms with van der Waals surface area (Å²) in [4.78, 5) is 20.3. The number of esters is 1. The Morgan fingerprint density at radius 1 is 1.00 bits per heavy atom. The lowest BCUT2D eigenvalue weighted by atomic mass is 10.1. The maximum Gasteiger partial charge on any atom is 0.344 e. The van der Waals surface area contributed by atoms with E-state index in [-0.39, 0.29) is 30.7 Å². The number of aromatic nitrogens is 2. The Balaban J connectivity index is 1.56. The van der Waals surface area contributed by atoms with Gasteiger partial charge in [-0.15, -0.1) is 11.3 Å². The van der Waals surface area contributed by atoms with Gasteiger partial charge in [0, 0.05) is 42.6 Å². The summed E-state index contributed by atoms with van der Waals surface area (Å²) >= 11 is 1.54. The molecule has 0 saturated carbocycles. The first-order valence-electron chi connectivity index (χ1n) is 11.6. The van der Waals surface area contributed by atoms with Gasteiger partial charge >= 0.3 is 5.97 Å². The van der Waals surface area contributed by atoms with E-state index in [2.05, 4.69) is 9.97 Å². The van der Waals surface area contributed by atoms with Crippen molar-refractivity contribution in [3.8, 4) is 16.3 Å². The highest BCUT2D eigenvalue weighted by molar-refractivity contribution is 7.89. The average molecular weight is 538 g/mol.